The Morgan fingerprint density at radius 2 is 1.61 bits per heavy atom. The zero-order chi connectivity index (χ0) is 22.6. The van der Waals surface area contributed by atoms with Crippen LogP contribution in [0.4, 0.5) is 13.2 Å². The smallest absolute Gasteiger partial charge is 0.346 e. The molecule has 0 radical (unpaired) electrons. The Balaban J connectivity index is 1.91. The number of ether oxygens (including phenoxy) is 2. The van der Waals surface area contributed by atoms with Crippen LogP contribution in [-0.2, 0) is 17.8 Å². The van der Waals surface area contributed by atoms with E-state index in [-0.39, 0.29) is 17.7 Å². The van der Waals surface area contributed by atoms with Crippen LogP contribution in [0.1, 0.15) is 80.3 Å². The molecule has 0 amide bonds. The highest BCUT2D eigenvalue weighted by Crippen LogP contribution is 2.25. The molecule has 0 fully saturated rings. The molecule has 2 aromatic carbocycles. The van der Waals surface area contributed by atoms with Crippen molar-refractivity contribution in [2.75, 3.05) is 6.61 Å². The van der Waals surface area contributed by atoms with Crippen LogP contribution < -0.4 is 4.74 Å². The first-order valence-electron chi connectivity index (χ1n) is 11.0. The van der Waals surface area contributed by atoms with Crippen LogP contribution in [0.5, 0.6) is 5.75 Å². The number of rotatable bonds is 13. The van der Waals surface area contributed by atoms with Crippen molar-refractivity contribution >= 4 is 5.97 Å². The van der Waals surface area contributed by atoms with Gasteiger partial charge in [0.1, 0.15) is 5.82 Å². The molecular weight excluding hydrogens is 405 g/mol. The maximum Gasteiger partial charge on any atom is 0.346 e. The van der Waals surface area contributed by atoms with E-state index in [4.69, 9.17) is 9.47 Å². The molecule has 0 N–H and O–H groups in total. The molecule has 0 saturated carbocycles. The first-order valence-corrected chi connectivity index (χ1v) is 11.0. The molecule has 2 aromatic rings. The van der Waals surface area contributed by atoms with E-state index in [9.17, 15) is 18.0 Å². The number of halogens is 3. The summed E-state index contributed by atoms with van der Waals surface area (Å²) in [5.74, 6) is -4.84. The van der Waals surface area contributed by atoms with Crippen molar-refractivity contribution in [3.63, 3.8) is 0 Å². The second-order valence-corrected chi connectivity index (χ2v) is 7.62. The van der Waals surface area contributed by atoms with E-state index in [0.29, 0.717) is 13.0 Å². The van der Waals surface area contributed by atoms with Gasteiger partial charge >= 0.3 is 5.97 Å². The molecule has 0 aliphatic heterocycles. The number of benzene rings is 2. The lowest BCUT2D eigenvalue weighted by Gasteiger charge is -2.10. The van der Waals surface area contributed by atoms with E-state index in [1.54, 1.807) is 6.07 Å². The summed E-state index contributed by atoms with van der Waals surface area (Å²) < 4.78 is 53.2. The van der Waals surface area contributed by atoms with Gasteiger partial charge in [0.05, 0.1) is 12.2 Å². The van der Waals surface area contributed by atoms with Crippen LogP contribution in [0, 0.1) is 17.5 Å². The highest BCUT2D eigenvalue weighted by molar-refractivity contribution is 5.91. The van der Waals surface area contributed by atoms with Crippen molar-refractivity contribution in [1.82, 2.24) is 0 Å². The topological polar surface area (TPSA) is 35.5 Å². The van der Waals surface area contributed by atoms with Gasteiger partial charge in [-0.2, -0.15) is 4.39 Å². The second-order valence-electron chi connectivity index (χ2n) is 7.62. The van der Waals surface area contributed by atoms with E-state index >= 15 is 0 Å². The van der Waals surface area contributed by atoms with Gasteiger partial charge in [0.2, 0.25) is 5.82 Å². The van der Waals surface area contributed by atoms with Crippen LogP contribution >= 0.6 is 0 Å². The number of unbranched alkanes of at least 4 members (excludes halogenated alkanes) is 5. The molecule has 0 heterocycles. The highest BCUT2D eigenvalue weighted by atomic mass is 19.2. The Bertz CT molecular complexity index is 852. The SMILES string of the molecule is CCCCCCCCOCc1ccc(OC(=O)c2ccc(CCC)cc2F)c(F)c1F. The molecule has 6 heteroatoms. The van der Waals surface area contributed by atoms with Gasteiger partial charge in [0.15, 0.2) is 11.6 Å². The van der Waals surface area contributed by atoms with Crippen molar-refractivity contribution in [2.24, 2.45) is 0 Å². The second kappa shape index (κ2) is 13.2. The molecule has 0 spiro atoms. The Morgan fingerprint density at radius 1 is 0.871 bits per heavy atom. The Labute approximate surface area is 182 Å². The molecule has 0 unspecified atom stereocenters. The molecule has 31 heavy (non-hydrogen) atoms. The minimum Gasteiger partial charge on any atom is -0.420 e. The summed E-state index contributed by atoms with van der Waals surface area (Å²) in [5, 5.41) is 0. The molecule has 0 aliphatic rings. The minimum atomic E-state index is -1.29. The third kappa shape index (κ3) is 7.69. The monoisotopic (exact) mass is 436 g/mol. The predicted octanol–water partition coefficient (Wildman–Crippen LogP) is 7.15. The largest absolute Gasteiger partial charge is 0.420 e. The van der Waals surface area contributed by atoms with Gasteiger partial charge < -0.3 is 9.47 Å². The van der Waals surface area contributed by atoms with Gasteiger partial charge in [-0.25, -0.2) is 13.6 Å². The van der Waals surface area contributed by atoms with Crippen LogP contribution in [0.25, 0.3) is 0 Å². The third-order valence-electron chi connectivity index (χ3n) is 5.02. The molecule has 0 atom stereocenters. The number of aryl methyl sites for hydroxylation is 1. The molecule has 0 aromatic heterocycles. The van der Waals surface area contributed by atoms with Crippen molar-refractivity contribution < 1.29 is 27.4 Å². The van der Waals surface area contributed by atoms with E-state index in [1.165, 1.54) is 37.5 Å². The maximum absolute atomic E-state index is 14.4. The van der Waals surface area contributed by atoms with E-state index < -0.39 is 29.2 Å². The lowest BCUT2D eigenvalue weighted by Crippen LogP contribution is -2.13. The van der Waals surface area contributed by atoms with Crippen molar-refractivity contribution in [2.45, 2.75) is 71.8 Å². The summed E-state index contributed by atoms with van der Waals surface area (Å²) in [6, 6.07) is 6.62. The summed E-state index contributed by atoms with van der Waals surface area (Å²) >= 11 is 0. The fourth-order valence-corrected chi connectivity index (χ4v) is 3.25. The van der Waals surface area contributed by atoms with Gasteiger partial charge in [-0.05, 0) is 42.7 Å². The van der Waals surface area contributed by atoms with Gasteiger partial charge in [-0.1, -0.05) is 58.4 Å². The summed E-state index contributed by atoms with van der Waals surface area (Å²) in [5.41, 5.74) is 0.462. The zero-order valence-corrected chi connectivity index (χ0v) is 18.3. The standard InChI is InChI=1S/C25H31F3O3/c1-3-5-6-7-8-9-15-30-17-19-12-14-22(24(28)23(19)27)31-25(29)20-13-11-18(10-4-2)16-21(20)26/h11-14,16H,3-10,15,17H2,1-2H3. The molecular formula is C25H31F3O3. The lowest BCUT2D eigenvalue weighted by atomic mass is 10.1. The first-order chi connectivity index (χ1) is 15.0. The number of hydrogen-bond acceptors (Lipinski definition) is 3. The number of esters is 1. The Morgan fingerprint density at radius 3 is 2.32 bits per heavy atom. The van der Waals surface area contributed by atoms with Gasteiger partial charge in [-0.3, -0.25) is 0 Å². The van der Waals surface area contributed by atoms with Gasteiger partial charge in [-0.15, -0.1) is 0 Å². The summed E-state index contributed by atoms with van der Waals surface area (Å²) in [6.45, 7) is 4.52. The number of hydrogen-bond donors (Lipinski definition) is 0. The third-order valence-corrected chi connectivity index (χ3v) is 5.02. The van der Waals surface area contributed by atoms with Crippen LogP contribution in [0.3, 0.4) is 0 Å². The van der Waals surface area contributed by atoms with Crippen molar-refractivity contribution in [3.05, 3.63) is 64.5 Å². The fourth-order valence-electron chi connectivity index (χ4n) is 3.25. The number of carbonyl (C=O) groups excluding carboxylic acids is 1. The maximum atomic E-state index is 14.4. The van der Waals surface area contributed by atoms with Crippen LogP contribution in [0.2, 0.25) is 0 Å². The first kappa shape index (κ1) is 24.9. The highest BCUT2D eigenvalue weighted by Gasteiger charge is 2.20. The van der Waals surface area contributed by atoms with Crippen molar-refractivity contribution in [1.29, 1.82) is 0 Å². The minimum absolute atomic E-state index is 0.0402. The summed E-state index contributed by atoms with van der Waals surface area (Å²) in [6.07, 6.45) is 8.17. The Kier molecular flexibility index (Phi) is 10.6. The van der Waals surface area contributed by atoms with Gasteiger partial charge in [0, 0.05) is 12.2 Å². The normalized spacial score (nSPS) is 11.0. The lowest BCUT2D eigenvalue weighted by molar-refractivity contribution is 0.0721. The average Bonchev–Trinajstić information content (AvgIpc) is 2.75. The quantitative estimate of drug-likeness (QED) is 0.190. The van der Waals surface area contributed by atoms with Gasteiger partial charge in [0.25, 0.3) is 0 Å². The van der Waals surface area contributed by atoms with Crippen LogP contribution in [0.15, 0.2) is 30.3 Å². The average molecular weight is 437 g/mol. The predicted molar refractivity (Wildman–Crippen MR) is 115 cm³/mol. The van der Waals surface area contributed by atoms with E-state index in [0.717, 1.165) is 37.3 Å². The van der Waals surface area contributed by atoms with Crippen LogP contribution in [-0.4, -0.2) is 12.6 Å². The molecule has 0 aliphatic carbocycles. The zero-order valence-electron chi connectivity index (χ0n) is 18.3. The van der Waals surface area contributed by atoms with E-state index in [2.05, 4.69) is 6.92 Å². The van der Waals surface area contributed by atoms with E-state index in [1.807, 2.05) is 6.92 Å². The Hall–Kier alpha value is -2.34. The molecule has 170 valence electrons. The summed E-state index contributed by atoms with van der Waals surface area (Å²) in [4.78, 5) is 12.2. The van der Waals surface area contributed by atoms with Crippen molar-refractivity contribution in [3.8, 4) is 5.75 Å². The molecule has 0 saturated heterocycles. The molecule has 0 bridgehead atoms. The number of carbonyl (C=O) groups is 1. The molecule has 2 rings (SSSR count). The molecule has 3 nitrogen and oxygen atoms in total. The summed E-state index contributed by atoms with van der Waals surface area (Å²) in [7, 11) is 0. The fraction of sp³-hybridized carbons (Fsp3) is 0.480.